The van der Waals surface area contributed by atoms with Gasteiger partial charge in [0.2, 0.25) is 0 Å². The van der Waals surface area contributed by atoms with Gasteiger partial charge in [0, 0.05) is 26.2 Å². The van der Waals surface area contributed by atoms with E-state index in [0.29, 0.717) is 18.9 Å². The first kappa shape index (κ1) is 20.7. The summed E-state index contributed by atoms with van der Waals surface area (Å²) in [6, 6.07) is 0.244. The summed E-state index contributed by atoms with van der Waals surface area (Å²) in [5, 5.41) is 12.6. The van der Waals surface area contributed by atoms with Crippen molar-refractivity contribution < 1.29 is 9.90 Å². The summed E-state index contributed by atoms with van der Waals surface area (Å²) in [5.41, 5.74) is 1.22. The molecule has 2 rings (SSSR count). The van der Waals surface area contributed by atoms with E-state index in [1.165, 1.54) is 18.4 Å². The summed E-state index contributed by atoms with van der Waals surface area (Å²) in [6.07, 6.45) is 16.3. The first-order valence-corrected chi connectivity index (χ1v) is 9.81. The highest BCUT2D eigenvalue weighted by molar-refractivity contribution is 5.73. The second-order valence-corrected chi connectivity index (χ2v) is 7.81. The van der Waals surface area contributed by atoms with Gasteiger partial charge in [0.25, 0.3) is 0 Å². The van der Waals surface area contributed by atoms with Crippen molar-refractivity contribution >= 4 is 6.03 Å². The lowest BCUT2D eigenvalue weighted by molar-refractivity contribution is 0.198. The van der Waals surface area contributed by atoms with Gasteiger partial charge < -0.3 is 20.2 Å². The van der Waals surface area contributed by atoms with Crippen LogP contribution in [0.25, 0.3) is 0 Å². The Morgan fingerprint density at radius 3 is 2.73 bits per heavy atom. The first-order valence-electron chi connectivity index (χ1n) is 9.81. The minimum absolute atomic E-state index is 0.00629. The maximum absolute atomic E-state index is 12.4. The number of nitrogens with one attached hydrogen (secondary N) is 1. The monoisotopic (exact) mass is 361 g/mol. The number of carbonyl (C=O) groups is 1. The number of rotatable bonds is 8. The van der Waals surface area contributed by atoms with E-state index in [9.17, 15) is 9.90 Å². The fraction of sp³-hybridized carbons (Fsp3) is 0.667. The van der Waals surface area contributed by atoms with Crippen LogP contribution in [0.3, 0.4) is 0 Å². The second-order valence-electron chi connectivity index (χ2n) is 7.81. The van der Waals surface area contributed by atoms with Gasteiger partial charge >= 0.3 is 6.03 Å². The first-order chi connectivity index (χ1) is 12.5. The summed E-state index contributed by atoms with van der Waals surface area (Å²) >= 11 is 0. The molecule has 0 fully saturated rings. The Balaban J connectivity index is 1.73. The van der Waals surface area contributed by atoms with E-state index in [0.717, 1.165) is 25.8 Å². The van der Waals surface area contributed by atoms with Crippen molar-refractivity contribution in [2.75, 3.05) is 34.2 Å². The molecule has 0 aliphatic heterocycles. The zero-order valence-corrected chi connectivity index (χ0v) is 16.5. The van der Waals surface area contributed by atoms with Gasteiger partial charge in [-0.05, 0) is 58.5 Å². The molecular formula is C21H35N3O2. The topological polar surface area (TPSA) is 55.8 Å². The van der Waals surface area contributed by atoms with E-state index in [1.54, 1.807) is 4.90 Å². The molecule has 0 saturated heterocycles. The minimum atomic E-state index is -0.357. The summed E-state index contributed by atoms with van der Waals surface area (Å²) in [7, 11) is 5.96. The van der Waals surface area contributed by atoms with Gasteiger partial charge in [0.15, 0.2) is 0 Å². The van der Waals surface area contributed by atoms with Gasteiger partial charge in [0.05, 0.1) is 6.10 Å². The average Bonchev–Trinajstić information content (AvgIpc) is 2.65. The van der Waals surface area contributed by atoms with Crippen molar-refractivity contribution in [3.63, 3.8) is 0 Å². The quantitative estimate of drug-likeness (QED) is 0.654. The maximum atomic E-state index is 12.4. The lowest BCUT2D eigenvalue weighted by atomic mass is 9.91. The highest BCUT2D eigenvalue weighted by Crippen LogP contribution is 2.21. The van der Waals surface area contributed by atoms with Crippen LogP contribution in [0.5, 0.6) is 0 Å². The molecule has 0 saturated carbocycles. The molecule has 0 aromatic rings. The number of allylic oxidation sites excluding steroid dienone is 3. The van der Waals surface area contributed by atoms with Gasteiger partial charge in [-0.15, -0.1) is 0 Å². The summed E-state index contributed by atoms with van der Waals surface area (Å²) < 4.78 is 0. The third kappa shape index (κ3) is 6.96. The molecule has 0 heterocycles. The summed E-state index contributed by atoms with van der Waals surface area (Å²) in [6.45, 7) is 1.43. The summed E-state index contributed by atoms with van der Waals surface area (Å²) in [4.78, 5) is 16.4. The molecule has 5 nitrogen and oxygen atoms in total. The van der Waals surface area contributed by atoms with Gasteiger partial charge in [-0.2, -0.15) is 0 Å². The van der Waals surface area contributed by atoms with Crippen LogP contribution in [-0.4, -0.2) is 67.3 Å². The molecule has 2 aliphatic carbocycles. The highest BCUT2D eigenvalue weighted by atomic mass is 16.3. The number of urea groups is 1. The fourth-order valence-electron chi connectivity index (χ4n) is 3.45. The highest BCUT2D eigenvalue weighted by Gasteiger charge is 2.18. The summed E-state index contributed by atoms with van der Waals surface area (Å²) in [5.74, 6) is 0.713. The number of nitrogens with zero attached hydrogens (tertiary/aromatic N) is 2. The number of hydrogen-bond donors (Lipinski definition) is 2. The lowest BCUT2D eigenvalue weighted by Crippen LogP contribution is -2.45. The van der Waals surface area contributed by atoms with Gasteiger partial charge in [-0.3, -0.25) is 0 Å². The van der Waals surface area contributed by atoms with Crippen molar-refractivity contribution in [1.82, 2.24) is 15.1 Å². The molecule has 146 valence electrons. The van der Waals surface area contributed by atoms with Crippen LogP contribution in [-0.2, 0) is 0 Å². The molecule has 0 aromatic carbocycles. The maximum Gasteiger partial charge on any atom is 0.317 e. The van der Waals surface area contributed by atoms with Crippen LogP contribution >= 0.6 is 0 Å². The largest absolute Gasteiger partial charge is 0.389 e. The lowest BCUT2D eigenvalue weighted by Gasteiger charge is -2.28. The van der Waals surface area contributed by atoms with Crippen LogP contribution < -0.4 is 5.32 Å². The van der Waals surface area contributed by atoms with Crippen molar-refractivity contribution in [3.8, 4) is 0 Å². The molecule has 0 spiro atoms. The molecule has 5 heteroatoms. The number of carbonyl (C=O) groups excluding carboxylic acids is 1. The van der Waals surface area contributed by atoms with Crippen molar-refractivity contribution in [2.45, 2.75) is 50.7 Å². The van der Waals surface area contributed by atoms with Crippen molar-refractivity contribution in [2.24, 2.45) is 5.92 Å². The van der Waals surface area contributed by atoms with Gasteiger partial charge in [0.1, 0.15) is 0 Å². The predicted molar refractivity (Wildman–Crippen MR) is 107 cm³/mol. The van der Waals surface area contributed by atoms with E-state index in [-0.39, 0.29) is 18.2 Å². The second kappa shape index (κ2) is 10.5. The Kier molecular flexibility index (Phi) is 8.39. The Bertz CT molecular complexity index is 539. The Labute approximate surface area is 158 Å². The van der Waals surface area contributed by atoms with Crippen molar-refractivity contribution in [1.29, 1.82) is 0 Å². The molecule has 0 radical (unpaired) electrons. The number of likely N-dealkylation sites (N-methyl/N-ethyl adjacent to an activating group) is 1. The van der Waals surface area contributed by atoms with Crippen LogP contribution in [0.15, 0.2) is 36.0 Å². The minimum Gasteiger partial charge on any atom is -0.389 e. The molecule has 2 amide bonds. The SMILES string of the molecule is CN(CCC1CC=CCC1)C(=O)NC[C@H](CC1=CCC(O)C=C1)N(C)C. The van der Waals surface area contributed by atoms with Crippen LogP contribution in [0.1, 0.15) is 38.5 Å². The molecular weight excluding hydrogens is 326 g/mol. The normalized spacial score (nSPS) is 23.7. The zero-order chi connectivity index (χ0) is 18.9. The van der Waals surface area contributed by atoms with E-state index in [1.807, 2.05) is 33.3 Å². The molecule has 3 atom stereocenters. The Hall–Kier alpha value is -1.59. The van der Waals surface area contributed by atoms with Crippen LogP contribution in [0.2, 0.25) is 0 Å². The van der Waals surface area contributed by atoms with Gasteiger partial charge in [-0.25, -0.2) is 4.79 Å². The number of aliphatic hydroxyl groups excluding tert-OH is 1. The molecule has 0 bridgehead atoms. The smallest absolute Gasteiger partial charge is 0.317 e. The Morgan fingerprint density at radius 1 is 1.31 bits per heavy atom. The zero-order valence-electron chi connectivity index (χ0n) is 16.5. The molecule has 2 aliphatic rings. The fourth-order valence-corrected chi connectivity index (χ4v) is 3.45. The third-order valence-electron chi connectivity index (χ3n) is 5.44. The predicted octanol–water partition coefficient (Wildman–Crippen LogP) is 2.94. The number of hydrogen-bond acceptors (Lipinski definition) is 3. The van der Waals surface area contributed by atoms with E-state index < -0.39 is 0 Å². The standard InChI is InChI=1S/C21H35N3O2/c1-23(2)19(15-18-9-11-20(25)12-10-18)16-22-21(26)24(3)14-13-17-7-5-4-6-8-17/h4-5,9-11,17,19-20,25H,6-8,12-16H2,1-3H3,(H,22,26)/t17?,19-,20?/m0/s1. The van der Waals surface area contributed by atoms with E-state index in [4.69, 9.17) is 0 Å². The third-order valence-corrected chi connectivity index (χ3v) is 5.44. The van der Waals surface area contributed by atoms with Crippen molar-refractivity contribution in [3.05, 3.63) is 36.0 Å². The van der Waals surface area contributed by atoms with Crippen LogP contribution in [0.4, 0.5) is 4.79 Å². The Morgan fingerprint density at radius 2 is 2.12 bits per heavy atom. The number of aliphatic hydroxyl groups is 1. The number of amides is 2. The van der Waals surface area contributed by atoms with E-state index >= 15 is 0 Å². The van der Waals surface area contributed by atoms with Gasteiger partial charge in [-0.1, -0.05) is 36.0 Å². The molecule has 2 unspecified atom stereocenters. The molecule has 2 N–H and O–H groups in total. The molecule has 26 heavy (non-hydrogen) atoms. The van der Waals surface area contributed by atoms with E-state index in [2.05, 4.69) is 28.4 Å². The van der Waals surface area contributed by atoms with Crippen LogP contribution in [0, 0.1) is 5.92 Å². The average molecular weight is 362 g/mol. The molecule has 0 aromatic heterocycles.